The van der Waals surface area contributed by atoms with Crippen LogP contribution in [-0.4, -0.2) is 13.7 Å². The zero-order valence-electron chi connectivity index (χ0n) is 12.2. The Kier molecular flexibility index (Phi) is 4.74. The number of ether oxygens (including phenoxy) is 1. The highest BCUT2D eigenvalue weighted by Crippen LogP contribution is 2.28. The SMILES string of the molecule is CCNCc1cc(OC)ccc1-c1ccc(F)c(C)c1. The van der Waals surface area contributed by atoms with E-state index < -0.39 is 0 Å². The van der Waals surface area contributed by atoms with Crippen LogP contribution in [0.1, 0.15) is 18.1 Å². The van der Waals surface area contributed by atoms with E-state index in [2.05, 4.69) is 12.2 Å². The summed E-state index contributed by atoms with van der Waals surface area (Å²) in [6.45, 7) is 5.52. The molecule has 0 radical (unpaired) electrons. The Bertz CT molecular complexity index is 596. The summed E-state index contributed by atoms with van der Waals surface area (Å²) in [6.07, 6.45) is 0. The lowest BCUT2D eigenvalue weighted by atomic mass is 9.97. The minimum absolute atomic E-state index is 0.171. The van der Waals surface area contributed by atoms with Crippen LogP contribution in [0.4, 0.5) is 4.39 Å². The molecule has 0 atom stereocenters. The lowest BCUT2D eigenvalue weighted by Crippen LogP contribution is -2.12. The average molecular weight is 273 g/mol. The van der Waals surface area contributed by atoms with E-state index >= 15 is 0 Å². The third-order valence-corrected chi connectivity index (χ3v) is 3.35. The average Bonchev–Trinajstić information content (AvgIpc) is 2.47. The number of hydrogen-bond acceptors (Lipinski definition) is 2. The van der Waals surface area contributed by atoms with Crippen molar-refractivity contribution >= 4 is 0 Å². The van der Waals surface area contributed by atoms with Crippen LogP contribution in [0.15, 0.2) is 36.4 Å². The van der Waals surface area contributed by atoms with E-state index in [1.54, 1.807) is 14.0 Å². The van der Waals surface area contributed by atoms with Crippen molar-refractivity contribution in [3.8, 4) is 16.9 Å². The van der Waals surface area contributed by atoms with Crippen LogP contribution >= 0.6 is 0 Å². The minimum Gasteiger partial charge on any atom is -0.497 e. The molecular weight excluding hydrogens is 253 g/mol. The van der Waals surface area contributed by atoms with Crippen LogP contribution in [0.3, 0.4) is 0 Å². The first-order chi connectivity index (χ1) is 9.65. The number of hydrogen-bond donors (Lipinski definition) is 1. The molecule has 0 unspecified atom stereocenters. The molecule has 0 aliphatic rings. The first kappa shape index (κ1) is 14.5. The Morgan fingerprint density at radius 3 is 2.60 bits per heavy atom. The van der Waals surface area contributed by atoms with Gasteiger partial charge in [-0.3, -0.25) is 0 Å². The molecule has 0 aliphatic carbocycles. The maximum Gasteiger partial charge on any atom is 0.126 e. The third kappa shape index (κ3) is 3.17. The van der Waals surface area contributed by atoms with E-state index in [0.29, 0.717) is 5.56 Å². The molecule has 2 aromatic carbocycles. The fourth-order valence-corrected chi connectivity index (χ4v) is 2.20. The summed E-state index contributed by atoms with van der Waals surface area (Å²) in [4.78, 5) is 0. The summed E-state index contributed by atoms with van der Waals surface area (Å²) in [7, 11) is 1.66. The molecule has 0 saturated heterocycles. The van der Waals surface area contributed by atoms with Gasteiger partial charge in [0, 0.05) is 6.54 Å². The number of nitrogens with one attached hydrogen (secondary N) is 1. The molecule has 0 bridgehead atoms. The van der Waals surface area contributed by atoms with Crippen LogP contribution in [-0.2, 0) is 6.54 Å². The number of benzene rings is 2. The summed E-state index contributed by atoms with van der Waals surface area (Å²) in [5, 5.41) is 3.32. The fraction of sp³-hybridized carbons (Fsp3) is 0.294. The highest BCUT2D eigenvalue weighted by Gasteiger charge is 2.08. The highest BCUT2D eigenvalue weighted by molar-refractivity contribution is 5.69. The first-order valence-corrected chi connectivity index (χ1v) is 6.80. The second kappa shape index (κ2) is 6.53. The van der Waals surface area contributed by atoms with Crippen molar-refractivity contribution in [2.45, 2.75) is 20.4 Å². The van der Waals surface area contributed by atoms with E-state index in [4.69, 9.17) is 4.74 Å². The van der Waals surface area contributed by atoms with Gasteiger partial charge in [0.2, 0.25) is 0 Å². The Labute approximate surface area is 119 Å². The molecule has 1 N–H and O–H groups in total. The molecule has 0 spiro atoms. The van der Waals surface area contributed by atoms with E-state index in [0.717, 1.165) is 35.5 Å². The van der Waals surface area contributed by atoms with E-state index in [1.165, 1.54) is 6.07 Å². The van der Waals surface area contributed by atoms with E-state index in [9.17, 15) is 4.39 Å². The van der Waals surface area contributed by atoms with Gasteiger partial charge in [-0.1, -0.05) is 19.1 Å². The Morgan fingerprint density at radius 2 is 1.95 bits per heavy atom. The van der Waals surface area contributed by atoms with Crippen molar-refractivity contribution in [2.75, 3.05) is 13.7 Å². The first-order valence-electron chi connectivity index (χ1n) is 6.80. The maximum atomic E-state index is 13.4. The van der Waals surface area contributed by atoms with Crippen LogP contribution in [0, 0.1) is 12.7 Å². The molecule has 0 aromatic heterocycles. The molecule has 3 heteroatoms. The Hall–Kier alpha value is -1.87. The summed E-state index contributed by atoms with van der Waals surface area (Å²) in [5.41, 5.74) is 3.94. The third-order valence-electron chi connectivity index (χ3n) is 3.35. The molecule has 0 aliphatic heterocycles. The van der Waals surface area contributed by atoms with Crippen molar-refractivity contribution < 1.29 is 9.13 Å². The standard InChI is InChI=1S/C17H20FNO/c1-4-19-11-14-10-15(20-3)6-7-16(14)13-5-8-17(18)12(2)9-13/h5-10,19H,4,11H2,1-3H3. The molecule has 2 aromatic rings. The second-order valence-corrected chi connectivity index (χ2v) is 4.77. The zero-order chi connectivity index (χ0) is 14.5. The molecule has 0 saturated carbocycles. The Balaban J connectivity index is 2.45. The van der Waals surface area contributed by atoms with E-state index in [1.807, 2.05) is 30.3 Å². The smallest absolute Gasteiger partial charge is 0.126 e. The van der Waals surface area contributed by atoms with Gasteiger partial charge in [-0.05, 0) is 60.0 Å². The molecule has 0 heterocycles. The fourth-order valence-electron chi connectivity index (χ4n) is 2.20. The highest BCUT2D eigenvalue weighted by atomic mass is 19.1. The topological polar surface area (TPSA) is 21.3 Å². The predicted molar refractivity (Wildman–Crippen MR) is 80.5 cm³/mol. The number of aryl methyl sites for hydroxylation is 1. The van der Waals surface area contributed by atoms with Gasteiger partial charge >= 0.3 is 0 Å². The van der Waals surface area contributed by atoms with Gasteiger partial charge in [0.1, 0.15) is 11.6 Å². The summed E-state index contributed by atoms with van der Waals surface area (Å²) in [5.74, 6) is 0.663. The maximum absolute atomic E-state index is 13.4. The number of halogens is 1. The number of methoxy groups -OCH3 is 1. The molecule has 2 nitrogen and oxygen atoms in total. The van der Waals surface area contributed by atoms with Gasteiger partial charge in [0.05, 0.1) is 7.11 Å². The lowest BCUT2D eigenvalue weighted by molar-refractivity contribution is 0.414. The molecule has 2 rings (SSSR count). The molecule has 0 amide bonds. The van der Waals surface area contributed by atoms with Gasteiger partial charge in [-0.15, -0.1) is 0 Å². The second-order valence-electron chi connectivity index (χ2n) is 4.77. The molecule has 20 heavy (non-hydrogen) atoms. The van der Waals surface area contributed by atoms with Crippen molar-refractivity contribution in [1.82, 2.24) is 5.32 Å². The molecule has 106 valence electrons. The largest absolute Gasteiger partial charge is 0.497 e. The summed E-state index contributed by atoms with van der Waals surface area (Å²) < 4.78 is 18.7. The van der Waals surface area contributed by atoms with Crippen molar-refractivity contribution in [1.29, 1.82) is 0 Å². The van der Waals surface area contributed by atoms with Gasteiger partial charge < -0.3 is 10.1 Å². The van der Waals surface area contributed by atoms with E-state index in [-0.39, 0.29) is 5.82 Å². The van der Waals surface area contributed by atoms with Crippen LogP contribution in [0.2, 0.25) is 0 Å². The van der Waals surface area contributed by atoms with Crippen LogP contribution in [0.5, 0.6) is 5.75 Å². The predicted octanol–water partition coefficient (Wildman–Crippen LogP) is 3.92. The number of rotatable bonds is 5. The Morgan fingerprint density at radius 1 is 1.15 bits per heavy atom. The van der Waals surface area contributed by atoms with Gasteiger partial charge in [0.25, 0.3) is 0 Å². The van der Waals surface area contributed by atoms with Gasteiger partial charge in [-0.25, -0.2) is 4.39 Å². The summed E-state index contributed by atoms with van der Waals surface area (Å²) in [6, 6.07) is 11.2. The zero-order valence-corrected chi connectivity index (χ0v) is 12.2. The van der Waals surface area contributed by atoms with Gasteiger partial charge in [0.15, 0.2) is 0 Å². The normalized spacial score (nSPS) is 10.6. The van der Waals surface area contributed by atoms with Crippen LogP contribution in [0.25, 0.3) is 11.1 Å². The summed E-state index contributed by atoms with van der Waals surface area (Å²) >= 11 is 0. The molecule has 0 fully saturated rings. The van der Waals surface area contributed by atoms with Crippen molar-refractivity contribution in [2.24, 2.45) is 0 Å². The quantitative estimate of drug-likeness (QED) is 0.891. The minimum atomic E-state index is -0.171. The molecular formula is C17H20FNO. The monoisotopic (exact) mass is 273 g/mol. The van der Waals surface area contributed by atoms with Gasteiger partial charge in [-0.2, -0.15) is 0 Å². The lowest BCUT2D eigenvalue weighted by Gasteiger charge is -2.13. The van der Waals surface area contributed by atoms with Crippen molar-refractivity contribution in [3.63, 3.8) is 0 Å². The van der Waals surface area contributed by atoms with Crippen molar-refractivity contribution in [3.05, 3.63) is 53.3 Å². The van der Waals surface area contributed by atoms with Crippen LogP contribution < -0.4 is 10.1 Å².